The molecule has 0 saturated carbocycles. The molecule has 4 nitrogen and oxygen atoms in total. The molecule has 0 bridgehead atoms. The molecule has 2 N–H and O–H groups in total. The highest BCUT2D eigenvalue weighted by Crippen LogP contribution is 1.87. The zero-order chi connectivity index (χ0) is 9.61. The van der Waals surface area contributed by atoms with Crippen LogP contribution in [0.1, 0.15) is 20.3 Å². The maximum atomic E-state index is 10.9. The van der Waals surface area contributed by atoms with Crippen LogP contribution in [0.25, 0.3) is 0 Å². The minimum atomic E-state index is -3.01. The molecular weight excluding hydrogens is 176 g/mol. The van der Waals surface area contributed by atoms with E-state index in [9.17, 15) is 8.42 Å². The van der Waals surface area contributed by atoms with Gasteiger partial charge in [0.1, 0.15) is 0 Å². The fraction of sp³-hybridized carbons (Fsp3) is 1.00. The average Bonchev–Trinajstić information content (AvgIpc) is 1.98. The summed E-state index contributed by atoms with van der Waals surface area (Å²) in [6.45, 7) is 4.82. The van der Waals surface area contributed by atoms with Gasteiger partial charge in [0, 0.05) is 6.04 Å². The van der Waals surface area contributed by atoms with Gasteiger partial charge in [0.2, 0.25) is 10.0 Å². The predicted molar refractivity (Wildman–Crippen MR) is 50.6 cm³/mol. The van der Waals surface area contributed by atoms with Crippen LogP contribution in [-0.4, -0.2) is 33.8 Å². The van der Waals surface area contributed by atoms with Crippen LogP contribution >= 0.6 is 0 Å². The highest BCUT2D eigenvalue weighted by atomic mass is 32.2. The Balaban J connectivity index is 3.45. The van der Waals surface area contributed by atoms with Gasteiger partial charge < -0.3 is 5.32 Å². The first-order valence-electron chi connectivity index (χ1n) is 4.12. The topological polar surface area (TPSA) is 58.2 Å². The summed E-state index contributed by atoms with van der Waals surface area (Å²) in [5, 5.41) is 3.15. The van der Waals surface area contributed by atoms with Crippen molar-refractivity contribution in [1.82, 2.24) is 10.0 Å². The van der Waals surface area contributed by atoms with E-state index in [1.807, 2.05) is 13.8 Å². The van der Waals surface area contributed by atoms with Crippen molar-refractivity contribution in [2.75, 3.05) is 19.3 Å². The molecular formula is C7H18N2O2S. The molecule has 0 aliphatic carbocycles. The van der Waals surface area contributed by atoms with Crippen LogP contribution in [0.2, 0.25) is 0 Å². The maximum Gasteiger partial charge on any atom is 0.211 e. The first-order chi connectivity index (χ1) is 5.48. The normalized spacial score (nSPS) is 12.3. The fourth-order valence-electron chi connectivity index (χ4n) is 0.755. The van der Waals surface area contributed by atoms with Crippen LogP contribution in [0.5, 0.6) is 0 Å². The van der Waals surface area contributed by atoms with Gasteiger partial charge in [-0.25, -0.2) is 13.1 Å². The van der Waals surface area contributed by atoms with Gasteiger partial charge in [-0.15, -0.1) is 0 Å². The van der Waals surface area contributed by atoms with Crippen LogP contribution in [-0.2, 0) is 10.0 Å². The molecule has 0 aliphatic rings. The molecule has 0 fully saturated rings. The van der Waals surface area contributed by atoms with Crippen molar-refractivity contribution in [3.05, 3.63) is 0 Å². The lowest BCUT2D eigenvalue weighted by molar-refractivity contribution is 0.564. The molecule has 0 aromatic heterocycles. The van der Waals surface area contributed by atoms with Gasteiger partial charge in [0.25, 0.3) is 0 Å². The van der Waals surface area contributed by atoms with Crippen molar-refractivity contribution in [3.63, 3.8) is 0 Å². The molecule has 0 aromatic rings. The maximum absolute atomic E-state index is 10.9. The minimum absolute atomic E-state index is 0.198. The summed E-state index contributed by atoms with van der Waals surface area (Å²) in [4.78, 5) is 0. The van der Waals surface area contributed by atoms with Gasteiger partial charge in [0.05, 0.1) is 5.75 Å². The lowest BCUT2D eigenvalue weighted by Gasteiger charge is -2.07. The first-order valence-corrected chi connectivity index (χ1v) is 5.78. The Morgan fingerprint density at radius 3 is 2.33 bits per heavy atom. The van der Waals surface area contributed by atoms with E-state index >= 15 is 0 Å². The largest absolute Gasteiger partial charge is 0.314 e. The Kier molecular flexibility index (Phi) is 5.44. The zero-order valence-corrected chi connectivity index (χ0v) is 8.74. The van der Waals surface area contributed by atoms with E-state index in [0.717, 1.165) is 6.54 Å². The molecule has 0 spiro atoms. The second-order valence-electron chi connectivity index (χ2n) is 2.99. The molecule has 0 radical (unpaired) electrons. The number of rotatable bonds is 6. The summed E-state index contributed by atoms with van der Waals surface area (Å²) in [5.74, 6) is 0.198. The summed E-state index contributed by atoms with van der Waals surface area (Å²) in [6.07, 6.45) is 0.654. The molecule has 0 aliphatic heterocycles. The molecule has 74 valence electrons. The lowest BCUT2D eigenvalue weighted by atomic mass is 10.4. The van der Waals surface area contributed by atoms with Crippen molar-refractivity contribution >= 4 is 10.0 Å². The van der Waals surface area contributed by atoms with Crippen LogP contribution in [0.15, 0.2) is 0 Å². The average molecular weight is 194 g/mol. The third-order valence-corrected chi connectivity index (χ3v) is 2.90. The van der Waals surface area contributed by atoms with E-state index in [4.69, 9.17) is 0 Å². The smallest absolute Gasteiger partial charge is 0.211 e. The highest BCUT2D eigenvalue weighted by molar-refractivity contribution is 7.89. The molecule has 0 aromatic carbocycles. The summed E-state index contributed by atoms with van der Waals surface area (Å²) >= 11 is 0. The van der Waals surface area contributed by atoms with E-state index in [-0.39, 0.29) is 5.75 Å². The van der Waals surface area contributed by atoms with Crippen molar-refractivity contribution in [2.24, 2.45) is 0 Å². The Labute approximate surface area is 74.8 Å². The van der Waals surface area contributed by atoms with Gasteiger partial charge in [-0.2, -0.15) is 0 Å². The molecule has 0 saturated heterocycles. The first kappa shape index (κ1) is 11.9. The van der Waals surface area contributed by atoms with Gasteiger partial charge in [-0.1, -0.05) is 13.8 Å². The molecule has 0 atom stereocenters. The third kappa shape index (κ3) is 6.57. The van der Waals surface area contributed by atoms with Gasteiger partial charge >= 0.3 is 0 Å². The summed E-state index contributed by atoms with van der Waals surface area (Å²) in [7, 11) is -1.57. The fourth-order valence-corrected chi connectivity index (χ4v) is 1.48. The third-order valence-electron chi connectivity index (χ3n) is 1.45. The number of sulfonamides is 1. The second-order valence-corrected chi connectivity index (χ2v) is 5.03. The van der Waals surface area contributed by atoms with Gasteiger partial charge in [-0.3, -0.25) is 0 Å². The number of nitrogens with one attached hydrogen (secondary N) is 2. The van der Waals surface area contributed by atoms with Crippen LogP contribution in [0, 0.1) is 0 Å². The van der Waals surface area contributed by atoms with Crippen molar-refractivity contribution < 1.29 is 8.42 Å². The van der Waals surface area contributed by atoms with Crippen molar-refractivity contribution in [2.45, 2.75) is 26.3 Å². The molecule has 0 rings (SSSR count). The highest BCUT2D eigenvalue weighted by Gasteiger charge is 2.05. The van der Waals surface area contributed by atoms with E-state index in [0.29, 0.717) is 12.5 Å². The van der Waals surface area contributed by atoms with E-state index in [2.05, 4.69) is 10.0 Å². The van der Waals surface area contributed by atoms with Crippen LogP contribution in [0.3, 0.4) is 0 Å². The number of hydrogen-bond acceptors (Lipinski definition) is 3. The molecule has 0 amide bonds. The van der Waals surface area contributed by atoms with E-state index < -0.39 is 10.0 Å². The monoisotopic (exact) mass is 194 g/mol. The van der Waals surface area contributed by atoms with Crippen molar-refractivity contribution in [3.8, 4) is 0 Å². The second kappa shape index (κ2) is 5.50. The lowest BCUT2D eigenvalue weighted by Crippen LogP contribution is -2.28. The Morgan fingerprint density at radius 1 is 1.33 bits per heavy atom. The van der Waals surface area contributed by atoms with Gasteiger partial charge in [-0.05, 0) is 20.0 Å². The minimum Gasteiger partial charge on any atom is -0.314 e. The summed E-state index contributed by atoms with van der Waals surface area (Å²) in [5.41, 5.74) is 0. The van der Waals surface area contributed by atoms with E-state index in [1.54, 1.807) is 0 Å². The summed E-state index contributed by atoms with van der Waals surface area (Å²) in [6, 6.07) is 0.419. The van der Waals surface area contributed by atoms with Gasteiger partial charge in [0.15, 0.2) is 0 Å². The van der Waals surface area contributed by atoms with E-state index in [1.165, 1.54) is 7.05 Å². The van der Waals surface area contributed by atoms with Crippen LogP contribution in [0.4, 0.5) is 0 Å². The molecule has 0 heterocycles. The number of hydrogen-bond donors (Lipinski definition) is 2. The molecule has 0 unspecified atom stereocenters. The Bertz CT molecular complexity index is 199. The molecule has 5 heteroatoms. The molecule has 12 heavy (non-hydrogen) atoms. The Hall–Kier alpha value is -0.130. The summed E-state index contributed by atoms with van der Waals surface area (Å²) < 4.78 is 24.1. The Morgan fingerprint density at radius 2 is 1.92 bits per heavy atom. The zero-order valence-electron chi connectivity index (χ0n) is 7.92. The standard InChI is InChI=1S/C7H18N2O2S/c1-7(2)9-5-4-6-12(10,11)8-3/h7-9H,4-6H2,1-3H3. The SMILES string of the molecule is CNS(=O)(=O)CCCNC(C)C. The quantitative estimate of drug-likeness (QED) is 0.582. The predicted octanol–water partition coefficient (Wildman–Crippen LogP) is -0.0763. The van der Waals surface area contributed by atoms with Crippen LogP contribution < -0.4 is 10.0 Å². The van der Waals surface area contributed by atoms with Crippen molar-refractivity contribution in [1.29, 1.82) is 0 Å².